The summed E-state index contributed by atoms with van der Waals surface area (Å²) < 4.78 is 26.5. The highest BCUT2D eigenvalue weighted by atomic mass is 32.1. The van der Waals surface area contributed by atoms with Gasteiger partial charge in [-0.05, 0) is 48.9 Å². The van der Waals surface area contributed by atoms with Crippen LogP contribution in [0.3, 0.4) is 0 Å². The van der Waals surface area contributed by atoms with Gasteiger partial charge in [0.05, 0.1) is 12.1 Å². The SMILES string of the molecule is Cc1ccc(C(=O)NNC(=O)Cc2csc(-c3ccc(F)cc3)n2)cc1F. The van der Waals surface area contributed by atoms with Crippen LogP contribution < -0.4 is 10.9 Å². The predicted molar refractivity (Wildman–Crippen MR) is 98.0 cm³/mol. The lowest BCUT2D eigenvalue weighted by Crippen LogP contribution is -2.42. The summed E-state index contributed by atoms with van der Waals surface area (Å²) in [4.78, 5) is 28.2. The minimum Gasteiger partial charge on any atom is -0.273 e. The molecular formula is C19H15F2N3O2S. The first kappa shape index (κ1) is 18.7. The van der Waals surface area contributed by atoms with E-state index in [2.05, 4.69) is 15.8 Å². The molecule has 0 atom stereocenters. The normalized spacial score (nSPS) is 10.5. The van der Waals surface area contributed by atoms with Crippen molar-refractivity contribution in [1.82, 2.24) is 15.8 Å². The second kappa shape index (κ2) is 8.05. The number of thiazole rings is 1. The first-order chi connectivity index (χ1) is 12.9. The molecule has 0 radical (unpaired) electrons. The molecular weight excluding hydrogens is 372 g/mol. The lowest BCUT2D eigenvalue weighted by atomic mass is 10.1. The average Bonchev–Trinajstić information content (AvgIpc) is 3.11. The lowest BCUT2D eigenvalue weighted by Gasteiger charge is -2.07. The number of halogens is 2. The molecule has 2 aromatic carbocycles. The van der Waals surface area contributed by atoms with Crippen molar-refractivity contribution in [3.8, 4) is 10.6 Å². The van der Waals surface area contributed by atoms with Crippen LogP contribution in [0.4, 0.5) is 8.78 Å². The van der Waals surface area contributed by atoms with Crippen LogP contribution in [0.2, 0.25) is 0 Å². The molecule has 0 bridgehead atoms. The quantitative estimate of drug-likeness (QED) is 0.674. The molecule has 1 aromatic heterocycles. The van der Waals surface area contributed by atoms with Crippen LogP contribution in [-0.4, -0.2) is 16.8 Å². The largest absolute Gasteiger partial charge is 0.273 e. The van der Waals surface area contributed by atoms with Gasteiger partial charge in [-0.25, -0.2) is 13.8 Å². The molecule has 0 fully saturated rings. The summed E-state index contributed by atoms with van der Waals surface area (Å²) in [6.45, 7) is 1.59. The molecule has 3 rings (SSSR count). The molecule has 5 nitrogen and oxygen atoms in total. The number of hydrogen-bond donors (Lipinski definition) is 2. The van der Waals surface area contributed by atoms with Crippen LogP contribution in [0.1, 0.15) is 21.6 Å². The Kier molecular flexibility index (Phi) is 5.56. The molecule has 8 heteroatoms. The van der Waals surface area contributed by atoms with Crippen molar-refractivity contribution < 1.29 is 18.4 Å². The number of nitrogens with zero attached hydrogens (tertiary/aromatic N) is 1. The van der Waals surface area contributed by atoms with Crippen LogP contribution in [0.25, 0.3) is 10.6 Å². The number of amides is 2. The summed E-state index contributed by atoms with van der Waals surface area (Å²) in [5.41, 5.74) is 6.32. The molecule has 0 saturated carbocycles. The van der Waals surface area contributed by atoms with Gasteiger partial charge in [0.1, 0.15) is 16.6 Å². The second-order valence-electron chi connectivity index (χ2n) is 5.79. The summed E-state index contributed by atoms with van der Waals surface area (Å²) in [6, 6.07) is 9.96. The Morgan fingerprint density at radius 2 is 1.81 bits per heavy atom. The van der Waals surface area contributed by atoms with Crippen LogP contribution >= 0.6 is 11.3 Å². The van der Waals surface area contributed by atoms with Gasteiger partial charge < -0.3 is 0 Å². The number of hydrogen-bond acceptors (Lipinski definition) is 4. The molecule has 0 unspecified atom stereocenters. The molecule has 27 heavy (non-hydrogen) atoms. The van der Waals surface area contributed by atoms with Gasteiger partial charge >= 0.3 is 0 Å². The van der Waals surface area contributed by atoms with E-state index < -0.39 is 17.6 Å². The van der Waals surface area contributed by atoms with Gasteiger partial charge in [-0.3, -0.25) is 20.4 Å². The first-order valence-electron chi connectivity index (χ1n) is 7.98. The first-order valence-corrected chi connectivity index (χ1v) is 8.86. The lowest BCUT2D eigenvalue weighted by molar-refractivity contribution is -0.121. The van der Waals surface area contributed by atoms with Gasteiger partial charge in [0, 0.05) is 16.5 Å². The summed E-state index contributed by atoms with van der Waals surface area (Å²) in [7, 11) is 0. The minimum atomic E-state index is -0.618. The van der Waals surface area contributed by atoms with Gasteiger partial charge in [-0.1, -0.05) is 6.07 Å². The third-order valence-corrected chi connectivity index (χ3v) is 4.67. The van der Waals surface area contributed by atoms with Gasteiger partial charge in [-0.15, -0.1) is 11.3 Å². The Hall–Kier alpha value is -3.13. The maximum absolute atomic E-state index is 13.5. The van der Waals surface area contributed by atoms with E-state index in [-0.39, 0.29) is 17.8 Å². The third kappa shape index (κ3) is 4.73. The molecule has 2 N–H and O–H groups in total. The molecule has 0 saturated heterocycles. The van der Waals surface area contributed by atoms with Gasteiger partial charge in [-0.2, -0.15) is 0 Å². The zero-order chi connectivity index (χ0) is 19.4. The number of carbonyl (C=O) groups is 2. The van der Waals surface area contributed by atoms with Crippen molar-refractivity contribution in [2.45, 2.75) is 13.3 Å². The zero-order valence-electron chi connectivity index (χ0n) is 14.3. The number of carbonyl (C=O) groups excluding carboxylic acids is 2. The number of aromatic nitrogens is 1. The van der Waals surface area contributed by atoms with Crippen LogP contribution in [0, 0.1) is 18.6 Å². The second-order valence-corrected chi connectivity index (χ2v) is 6.65. The monoisotopic (exact) mass is 387 g/mol. The summed E-state index contributed by atoms with van der Waals surface area (Å²) >= 11 is 1.33. The van der Waals surface area contributed by atoms with Crippen molar-refractivity contribution in [2.75, 3.05) is 0 Å². The third-order valence-electron chi connectivity index (χ3n) is 3.73. The number of aryl methyl sites for hydroxylation is 1. The topological polar surface area (TPSA) is 71.1 Å². The fourth-order valence-electron chi connectivity index (χ4n) is 2.25. The maximum Gasteiger partial charge on any atom is 0.269 e. The van der Waals surface area contributed by atoms with Crippen LogP contribution in [-0.2, 0) is 11.2 Å². The van der Waals surface area contributed by atoms with E-state index in [1.54, 1.807) is 24.4 Å². The molecule has 138 valence electrons. The summed E-state index contributed by atoms with van der Waals surface area (Å²) in [5.74, 6) is -1.91. The van der Waals surface area contributed by atoms with E-state index >= 15 is 0 Å². The molecule has 0 aliphatic heterocycles. The van der Waals surface area contributed by atoms with E-state index in [4.69, 9.17) is 0 Å². The van der Waals surface area contributed by atoms with Crippen LogP contribution in [0.5, 0.6) is 0 Å². The fourth-order valence-corrected chi connectivity index (χ4v) is 3.08. The maximum atomic E-state index is 13.5. The van der Waals surface area contributed by atoms with Crippen LogP contribution in [0.15, 0.2) is 47.8 Å². The van der Waals surface area contributed by atoms with E-state index in [1.807, 2.05) is 0 Å². The van der Waals surface area contributed by atoms with Crippen molar-refractivity contribution in [1.29, 1.82) is 0 Å². The Morgan fingerprint density at radius 3 is 2.52 bits per heavy atom. The molecule has 0 spiro atoms. The van der Waals surface area contributed by atoms with Crippen molar-refractivity contribution in [3.63, 3.8) is 0 Å². The summed E-state index contributed by atoms with van der Waals surface area (Å²) in [6.07, 6.45) is -0.0414. The van der Waals surface area contributed by atoms with E-state index in [9.17, 15) is 18.4 Å². The van der Waals surface area contributed by atoms with E-state index in [0.29, 0.717) is 16.3 Å². The molecule has 0 aliphatic carbocycles. The molecule has 3 aromatic rings. The van der Waals surface area contributed by atoms with Gasteiger partial charge in [0.15, 0.2) is 0 Å². The Morgan fingerprint density at radius 1 is 1.07 bits per heavy atom. The minimum absolute atomic E-state index is 0.0414. The highest BCUT2D eigenvalue weighted by molar-refractivity contribution is 7.13. The molecule has 0 aliphatic rings. The smallest absolute Gasteiger partial charge is 0.269 e. The molecule has 2 amide bonds. The number of benzene rings is 2. The Labute approximate surface area is 158 Å². The van der Waals surface area contributed by atoms with Crippen molar-refractivity contribution >= 4 is 23.2 Å². The Bertz CT molecular complexity index is 987. The van der Waals surface area contributed by atoms with Crippen molar-refractivity contribution in [3.05, 3.63) is 76.3 Å². The van der Waals surface area contributed by atoms with Gasteiger partial charge in [0.25, 0.3) is 5.91 Å². The van der Waals surface area contributed by atoms with Crippen molar-refractivity contribution in [2.24, 2.45) is 0 Å². The van der Waals surface area contributed by atoms with Gasteiger partial charge in [0.2, 0.25) is 5.91 Å². The fraction of sp³-hybridized carbons (Fsp3) is 0.105. The number of rotatable bonds is 4. The molecule has 1 heterocycles. The van der Waals surface area contributed by atoms with E-state index in [0.717, 1.165) is 11.6 Å². The number of hydrazine groups is 1. The number of nitrogens with one attached hydrogen (secondary N) is 2. The summed E-state index contributed by atoms with van der Waals surface area (Å²) in [5, 5.41) is 2.38. The zero-order valence-corrected chi connectivity index (χ0v) is 15.1. The Balaban J connectivity index is 1.55. The predicted octanol–water partition coefficient (Wildman–Crippen LogP) is 3.40. The van der Waals surface area contributed by atoms with E-state index in [1.165, 1.54) is 35.6 Å². The average molecular weight is 387 g/mol. The standard InChI is InChI=1S/C19H15F2N3O2S/c1-11-2-3-13(8-16(11)21)18(26)24-23-17(25)9-15-10-27-19(22-15)12-4-6-14(20)7-5-12/h2-8,10H,9H2,1H3,(H,23,25)(H,24,26). The highest BCUT2D eigenvalue weighted by Gasteiger charge is 2.12. The highest BCUT2D eigenvalue weighted by Crippen LogP contribution is 2.24.